The minimum atomic E-state index is -0.370. The average Bonchev–Trinajstić information content (AvgIpc) is 2.98. The lowest BCUT2D eigenvalue weighted by Crippen LogP contribution is -2.11. The molecule has 0 aliphatic carbocycles. The smallest absolute Gasteiger partial charge is 0.336 e. The molecule has 0 radical (unpaired) electrons. The summed E-state index contributed by atoms with van der Waals surface area (Å²) in [5, 5.41) is 9.86. The van der Waals surface area contributed by atoms with Crippen LogP contribution in [0.2, 0.25) is 0 Å². The summed E-state index contributed by atoms with van der Waals surface area (Å²) in [4.78, 5) is 23.7. The van der Waals surface area contributed by atoms with Crippen molar-refractivity contribution in [1.29, 1.82) is 0 Å². The van der Waals surface area contributed by atoms with Crippen LogP contribution in [0.4, 0.5) is 0 Å². The summed E-state index contributed by atoms with van der Waals surface area (Å²) < 4.78 is 12.2. The fraction of sp³-hybridized carbons (Fsp3) is 0.429. The number of benzene rings is 1. The van der Waals surface area contributed by atoms with Crippen LogP contribution in [0.1, 0.15) is 49.2 Å². The maximum atomic E-state index is 12.0. The van der Waals surface area contributed by atoms with Crippen molar-refractivity contribution in [3.63, 3.8) is 0 Å². The monoisotopic (exact) mass is 415 g/mol. The number of esters is 1. The van der Waals surface area contributed by atoms with Gasteiger partial charge in [0, 0.05) is 24.3 Å². The quantitative estimate of drug-likeness (QED) is 0.330. The molecule has 0 aliphatic rings. The SMILES string of the molecule is CCOC(=O)Cc1nnc(SCc2cc(=O)oc3cc(C)c(C(C)C)cc23)n1C. The highest BCUT2D eigenvalue weighted by Gasteiger charge is 2.16. The van der Waals surface area contributed by atoms with Gasteiger partial charge < -0.3 is 13.7 Å². The summed E-state index contributed by atoms with van der Waals surface area (Å²) in [6, 6.07) is 5.57. The van der Waals surface area contributed by atoms with Gasteiger partial charge in [-0.15, -0.1) is 10.2 Å². The van der Waals surface area contributed by atoms with Gasteiger partial charge in [-0.25, -0.2) is 4.79 Å². The van der Waals surface area contributed by atoms with Crippen LogP contribution in [0.5, 0.6) is 0 Å². The van der Waals surface area contributed by atoms with Crippen LogP contribution in [-0.4, -0.2) is 27.3 Å². The lowest BCUT2D eigenvalue weighted by molar-refractivity contribution is -0.142. The van der Waals surface area contributed by atoms with Crippen molar-refractivity contribution in [3.8, 4) is 0 Å². The van der Waals surface area contributed by atoms with Gasteiger partial charge in [0.1, 0.15) is 17.8 Å². The molecular weight excluding hydrogens is 390 g/mol. The third kappa shape index (κ3) is 4.70. The molecule has 154 valence electrons. The van der Waals surface area contributed by atoms with E-state index in [1.54, 1.807) is 11.5 Å². The van der Waals surface area contributed by atoms with Gasteiger partial charge in [-0.2, -0.15) is 0 Å². The van der Waals surface area contributed by atoms with Crippen LogP contribution >= 0.6 is 11.8 Å². The number of ether oxygens (including phenoxy) is 1. The van der Waals surface area contributed by atoms with Gasteiger partial charge in [0.2, 0.25) is 0 Å². The fourth-order valence-corrected chi connectivity index (χ4v) is 4.16. The predicted octanol–water partition coefficient (Wildman–Crippen LogP) is 3.75. The Bertz CT molecular complexity index is 1100. The number of aromatic nitrogens is 3. The summed E-state index contributed by atoms with van der Waals surface area (Å²) in [5.74, 6) is 1.12. The van der Waals surface area contributed by atoms with Gasteiger partial charge in [-0.3, -0.25) is 4.79 Å². The highest BCUT2D eigenvalue weighted by Crippen LogP contribution is 2.30. The van der Waals surface area contributed by atoms with E-state index in [1.807, 2.05) is 20.0 Å². The first kappa shape index (κ1) is 21.1. The number of fused-ring (bicyclic) bond motifs is 1. The Kier molecular flexibility index (Phi) is 6.42. The Morgan fingerprint density at radius 3 is 2.72 bits per heavy atom. The van der Waals surface area contributed by atoms with E-state index in [4.69, 9.17) is 9.15 Å². The Morgan fingerprint density at radius 1 is 1.28 bits per heavy atom. The Balaban J connectivity index is 1.87. The van der Waals surface area contributed by atoms with Gasteiger partial charge in [0.15, 0.2) is 5.16 Å². The number of aryl methyl sites for hydroxylation is 1. The number of thioether (sulfide) groups is 1. The highest BCUT2D eigenvalue weighted by atomic mass is 32.2. The molecule has 0 bridgehead atoms. The van der Waals surface area contributed by atoms with E-state index in [-0.39, 0.29) is 18.0 Å². The molecule has 0 spiro atoms. The van der Waals surface area contributed by atoms with Gasteiger partial charge in [0.25, 0.3) is 0 Å². The number of hydrogen-bond donors (Lipinski definition) is 0. The van der Waals surface area contributed by atoms with Crippen molar-refractivity contribution >= 4 is 28.7 Å². The number of carbonyl (C=O) groups excluding carboxylic acids is 1. The lowest BCUT2D eigenvalue weighted by atomic mass is 9.95. The highest BCUT2D eigenvalue weighted by molar-refractivity contribution is 7.98. The molecule has 0 unspecified atom stereocenters. The standard InChI is InChI=1S/C21H25N3O4S/c1-6-27-19(25)10-18-22-23-21(24(18)5)29-11-14-8-20(26)28-17-7-13(4)15(12(2)3)9-16(14)17/h7-9,12H,6,10-11H2,1-5H3. The van der Waals surface area contributed by atoms with E-state index in [0.717, 1.165) is 16.5 Å². The maximum Gasteiger partial charge on any atom is 0.336 e. The molecule has 2 aromatic heterocycles. The Labute approximate surface area is 173 Å². The van der Waals surface area contributed by atoms with Crippen molar-refractivity contribution < 1.29 is 13.9 Å². The summed E-state index contributed by atoms with van der Waals surface area (Å²) in [7, 11) is 1.81. The van der Waals surface area contributed by atoms with Crippen LogP contribution in [0, 0.1) is 6.92 Å². The van der Waals surface area contributed by atoms with E-state index >= 15 is 0 Å². The molecule has 0 aliphatic heterocycles. The molecule has 1 aromatic carbocycles. The first-order chi connectivity index (χ1) is 13.8. The van der Waals surface area contributed by atoms with Gasteiger partial charge in [-0.1, -0.05) is 25.6 Å². The second kappa shape index (κ2) is 8.82. The van der Waals surface area contributed by atoms with Crippen molar-refractivity contribution in [2.45, 2.75) is 50.9 Å². The van der Waals surface area contributed by atoms with Gasteiger partial charge in [0.05, 0.1) is 6.61 Å². The minimum Gasteiger partial charge on any atom is -0.466 e. The maximum absolute atomic E-state index is 12.0. The van der Waals surface area contributed by atoms with Crippen LogP contribution in [0.25, 0.3) is 11.0 Å². The second-order valence-electron chi connectivity index (χ2n) is 7.18. The predicted molar refractivity (Wildman–Crippen MR) is 112 cm³/mol. The van der Waals surface area contributed by atoms with E-state index in [9.17, 15) is 9.59 Å². The summed E-state index contributed by atoms with van der Waals surface area (Å²) in [6.45, 7) is 8.42. The van der Waals surface area contributed by atoms with Crippen molar-refractivity contribution in [3.05, 3.63) is 51.1 Å². The van der Waals surface area contributed by atoms with Crippen molar-refractivity contribution in [1.82, 2.24) is 14.8 Å². The molecule has 3 aromatic rings. The van der Waals surface area contributed by atoms with E-state index < -0.39 is 0 Å². The first-order valence-electron chi connectivity index (χ1n) is 9.54. The number of nitrogens with zero attached hydrogens (tertiary/aromatic N) is 3. The van der Waals surface area contributed by atoms with Crippen LogP contribution in [0.3, 0.4) is 0 Å². The number of rotatable bonds is 7. The summed E-state index contributed by atoms with van der Waals surface area (Å²) >= 11 is 1.46. The van der Waals surface area contributed by atoms with Crippen LogP contribution < -0.4 is 5.63 Å². The lowest BCUT2D eigenvalue weighted by Gasteiger charge is -2.13. The minimum absolute atomic E-state index is 0.0762. The molecule has 7 nitrogen and oxygen atoms in total. The van der Waals surface area contributed by atoms with Crippen molar-refractivity contribution in [2.24, 2.45) is 7.05 Å². The van der Waals surface area contributed by atoms with E-state index in [0.29, 0.717) is 34.8 Å². The normalized spacial score (nSPS) is 11.4. The molecule has 2 heterocycles. The third-order valence-electron chi connectivity index (χ3n) is 4.73. The van der Waals surface area contributed by atoms with E-state index in [2.05, 4.69) is 30.1 Å². The molecule has 0 saturated heterocycles. The molecule has 0 atom stereocenters. The molecule has 0 saturated carbocycles. The molecule has 3 rings (SSSR count). The number of hydrogen-bond acceptors (Lipinski definition) is 7. The molecule has 0 fully saturated rings. The average molecular weight is 416 g/mol. The third-order valence-corrected chi connectivity index (χ3v) is 5.80. The topological polar surface area (TPSA) is 87.2 Å². The van der Waals surface area contributed by atoms with Crippen LogP contribution in [-0.2, 0) is 28.8 Å². The Hall–Kier alpha value is -2.61. The molecule has 8 heteroatoms. The van der Waals surface area contributed by atoms with Gasteiger partial charge in [-0.05, 0) is 48.6 Å². The molecular formula is C21H25N3O4S. The second-order valence-corrected chi connectivity index (χ2v) is 8.12. The van der Waals surface area contributed by atoms with E-state index in [1.165, 1.54) is 23.4 Å². The molecule has 0 amide bonds. The Morgan fingerprint density at radius 2 is 2.03 bits per heavy atom. The van der Waals surface area contributed by atoms with Crippen LogP contribution in [0.15, 0.2) is 32.6 Å². The molecule has 0 N–H and O–H groups in total. The summed E-state index contributed by atoms with van der Waals surface area (Å²) in [6.07, 6.45) is 0.0762. The zero-order valence-electron chi connectivity index (χ0n) is 17.3. The van der Waals surface area contributed by atoms with Crippen molar-refractivity contribution in [2.75, 3.05) is 6.61 Å². The largest absolute Gasteiger partial charge is 0.466 e. The number of carbonyl (C=O) groups is 1. The molecule has 29 heavy (non-hydrogen) atoms. The fourth-order valence-electron chi connectivity index (χ4n) is 3.24. The zero-order chi connectivity index (χ0) is 21.1. The summed E-state index contributed by atoms with van der Waals surface area (Å²) in [5.41, 5.74) is 3.45. The first-order valence-corrected chi connectivity index (χ1v) is 10.5. The van der Waals surface area contributed by atoms with Gasteiger partial charge >= 0.3 is 11.6 Å². The zero-order valence-corrected chi connectivity index (χ0v) is 18.1.